The van der Waals surface area contributed by atoms with Crippen molar-refractivity contribution in [2.24, 2.45) is 0 Å². The second kappa shape index (κ2) is 8.89. The molecule has 1 aromatic heterocycles. The lowest BCUT2D eigenvalue weighted by molar-refractivity contribution is -0.123. The first-order chi connectivity index (χ1) is 15.4. The van der Waals surface area contributed by atoms with E-state index in [1.165, 1.54) is 13.2 Å². The molecule has 3 aromatic rings. The zero-order valence-corrected chi connectivity index (χ0v) is 18.2. The molecule has 32 heavy (non-hydrogen) atoms. The van der Waals surface area contributed by atoms with E-state index in [0.717, 1.165) is 0 Å². The molecular weight excluding hydrogens is 457 g/mol. The van der Waals surface area contributed by atoms with Gasteiger partial charge in [-0.25, -0.2) is 0 Å². The number of nitrogens with zero attached hydrogens (tertiary/aromatic N) is 1. The molecule has 0 saturated carbocycles. The maximum absolute atomic E-state index is 13.0. The molecule has 9 nitrogen and oxygen atoms in total. The number of rotatable bonds is 5. The van der Waals surface area contributed by atoms with Gasteiger partial charge in [0.15, 0.2) is 0 Å². The predicted molar refractivity (Wildman–Crippen MR) is 122 cm³/mol. The number of halogens is 2. The summed E-state index contributed by atoms with van der Waals surface area (Å²) in [5, 5.41) is 8.91. The van der Waals surface area contributed by atoms with Crippen molar-refractivity contribution in [2.45, 2.75) is 12.3 Å². The van der Waals surface area contributed by atoms with Gasteiger partial charge in [-0.15, -0.1) is 0 Å². The quantitative estimate of drug-likeness (QED) is 0.445. The fraction of sp³-hybridized carbons (Fsp3) is 0.143. The first-order valence-electron chi connectivity index (χ1n) is 9.45. The van der Waals surface area contributed by atoms with Crippen molar-refractivity contribution in [2.75, 3.05) is 23.1 Å². The van der Waals surface area contributed by atoms with Crippen LogP contribution in [-0.4, -0.2) is 28.9 Å². The Morgan fingerprint density at radius 2 is 1.94 bits per heavy atom. The molecule has 0 spiro atoms. The van der Waals surface area contributed by atoms with Crippen LogP contribution in [0.25, 0.3) is 0 Å². The number of hydrogen-bond acceptors (Lipinski definition) is 6. The molecule has 11 heteroatoms. The number of para-hydroxylation sites is 2. The number of H-pyrrole nitrogens is 1. The zero-order valence-electron chi connectivity index (χ0n) is 16.7. The number of benzene rings is 2. The third-order valence-corrected chi connectivity index (χ3v) is 5.36. The minimum absolute atomic E-state index is 0.00207. The lowest BCUT2D eigenvalue weighted by Gasteiger charge is -2.24. The average molecular weight is 474 g/mol. The minimum Gasteiger partial charge on any atom is -0.495 e. The SMILES string of the molecule is COc1ccccc1NC(=O)C1CC(=O)Nc2nc(Nc3ccc(Cl)cc3Cl)[nH]c(=O)c21. The van der Waals surface area contributed by atoms with Crippen molar-refractivity contribution in [1.82, 2.24) is 9.97 Å². The van der Waals surface area contributed by atoms with Crippen LogP contribution in [0.2, 0.25) is 10.0 Å². The van der Waals surface area contributed by atoms with E-state index in [0.29, 0.717) is 27.2 Å². The number of hydrogen-bond donors (Lipinski definition) is 4. The van der Waals surface area contributed by atoms with Gasteiger partial charge in [0.2, 0.25) is 17.8 Å². The first kappa shape index (κ1) is 21.7. The van der Waals surface area contributed by atoms with Gasteiger partial charge in [-0.1, -0.05) is 35.3 Å². The molecule has 0 radical (unpaired) electrons. The van der Waals surface area contributed by atoms with Crippen molar-refractivity contribution in [3.05, 3.63) is 68.4 Å². The molecule has 1 atom stereocenters. The third kappa shape index (κ3) is 4.39. The summed E-state index contributed by atoms with van der Waals surface area (Å²) in [6.07, 6.45) is -0.200. The maximum atomic E-state index is 13.0. The highest BCUT2D eigenvalue weighted by Gasteiger charge is 2.35. The molecule has 1 aliphatic heterocycles. The zero-order chi connectivity index (χ0) is 22.8. The van der Waals surface area contributed by atoms with Gasteiger partial charge in [-0.2, -0.15) is 4.98 Å². The summed E-state index contributed by atoms with van der Waals surface area (Å²) in [6, 6.07) is 11.6. The molecular formula is C21H17Cl2N5O4. The van der Waals surface area contributed by atoms with Crippen LogP contribution in [0.3, 0.4) is 0 Å². The van der Waals surface area contributed by atoms with Crippen LogP contribution >= 0.6 is 23.2 Å². The van der Waals surface area contributed by atoms with E-state index in [-0.39, 0.29) is 23.8 Å². The van der Waals surface area contributed by atoms with Crippen LogP contribution in [0.5, 0.6) is 5.75 Å². The van der Waals surface area contributed by atoms with Crippen molar-refractivity contribution >= 4 is 58.2 Å². The summed E-state index contributed by atoms with van der Waals surface area (Å²) in [5.74, 6) is -1.51. The highest BCUT2D eigenvalue weighted by Crippen LogP contribution is 2.32. The topological polar surface area (TPSA) is 125 Å². The van der Waals surface area contributed by atoms with Gasteiger partial charge in [0.05, 0.1) is 35.0 Å². The molecule has 2 heterocycles. The molecule has 2 aromatic carbocycles. The van der Waals surface area contributed by atoms with Gasteiger partial charge in [-0.3, -0.25) is 19.4 Å². The lowest BCUT2D eigenvalue weighted by atomic mass is 9.92. The van der Waals surface area contributed by atoms with Crippen molar-refractivity contribution in [3.8, 4) is 5.75 Å². The van der Waals surface area contributed by atoms with Gasteiger partial charge in [0.1, 0.15) is 11.6 Å². The molecule has 0 fully saturated rings. The Labute approximate surface area is 192 Å². The molecule has 1 aliphatic rings. The Kier molecular flexibility index (Phi) is 6.02. The van der Waals surface area contributed by atoms with Crippen LogP contribution in [-0.2, 0) is 9.59 Å². The Hall–Kier alpha value is -3.56. The number of aromatic amines is 1. The Morgan fingerprint density at radius 1 is 1.16 bits per heavy atom. The number of carbonyl (C=O) groups excluding carboxylic acids is 2. The molecule has 4 N–H and O–H groups in total. The molecule has 164 valence electrons. The second-order valence-electron chi connectivity index (χ2n) is 6.92. The van der Waals surface area contributed by atoms with Crippen LogP contribution < -0.4 is 26.2 Å². The Morgan fingerprint density at radius 3 is 2.69 bits per heavy atom. The summed E-state index contributed by atoms with van der Waals surface area (Å²) < 4.78 is 5.24. The standard InChI is InChI=1S/C21H17Cl2N5O4/c1-32-15-5-3-2-4-14(15)24-19(30)11-9-16(29)26-18-17(11)20(31)28-21(27-18)25-13-7-6-10(22)8-12(13)23/h2-8,11H,9H2,1H3,(H,24,30)(H3,25,26,27,28,29,31). The number of aromatic nitrogens is 2. The number of anilines is 4. The van der Waals surface area contributed by atoms with Crippen LogP contribution in [0, 0.1) is 0 Å². The molecule has 0 aliphatic carbocycles. The summed E-state index contributed by atoms with van der Waals surface area (Å²) in [4.78, 5) is 45.0. The van der Waals surface area contributed by atoms with E-state index < -0.39 is 23.3 Å². The number of fused-ring (bicyclic) bond motifs is 1. The monoisotopic (exact) mass is 473 g/mol. The van der Waals surface area contributed by atoms with E-state index in [1.807, 2.05) is 0 Å². The summed E-state index contributed by atoms with van der Waals surface area (Å²) in [6.45, 7) is 0. The van der Waals surface area contributed by atoms with Gasteiger partial charge >= 0.3 is 0 Å². The van der Waals surface area contributed by atoms with Crippen LogP contribution in [0.15, 0.2) is 47.3 Å². The van der Waals surface area contributed by atoms with Crippen molar-refractivity contribution < 1.29 is 14.3 Å². The number of ether oxygens (including phenoxy) is 1. The fourth-order valence-electron chi connectivity index (χ4n) is 3.34. The molecule has 4 rings (SSSR count). The maximum Gasteiger partial charge on any atom is 0.258 e. The lowest BCUT2D eigenvalue weighted by Crippen LogP contribution is -2.36. The number of methoxy groups -OCH3 is 1. The largest absolute Gasteiger partial charge is 0.495 e. The molecule has 2 amide bonds. The highest BCUT2D eigenvalue weighted by molar-refractivity contribution is 6.36. The smallest absolute Gasteiger partial charge is 0.258 e. The number of amides is 2. The summed E-state index contributed by atoms with van der Waals surface area (Å²) in [5.41, 5.74) is 0.367. The second-order valence-corrected chi connectivity index (χ2v) is 7.76. The van der Waals surface area contributed by atoms with Crippen molar-refractivity contribution in [3.63, 3.8) is 0 Å². The molecule has 0 bridgehead atoms. The van der Waals surface area contributed by atoms with Gasteiger partial charge in [-0.05, 0) is 30.3 Å². The first-order valence-corrected chi connectivity index (χ1v) is 10.2. The highest BCUT2D eigenvalue weighted by atomic mass is 35.5. The van der Waals surface area contributed by atoms with Crippen LogP contribution in [0.4, 0.5) is 23.1 Å². The summed E-state index contributed by atoms with van der Waals surface area (Å²) in [7, 11) is 1.48. The minimum atomic E-state index is -1.03. The van der Waals surface area contributed by atoms with Crippen molar-refractivity contribution in [1.29, 1.82) is 0 Å². The van der Waals surface area contributed by atoms with E-state index in [9.17, 15) is 14.4 Å². The van der Waals surface area contributed by atoms with E-state index >= 15 is 0 Å². The average Bonchev–Trinajstić information content (AvgIpc) is 2.75. The molecule has 0 saturated heterocycles. The van der Waals surface area contributed by atoms with Gasteiger partial charge < -0.3 is 20.7 Å². The number of nitrogens with one attached hydrogen (secondary N) is 4. The van der Waals surface area contributed by atoms with E-state index in [4.69, 9.17) is 27.9 Å². The van der Waals surface area contributed by atoms with E-state index in [2.05, 4.69) is 25.9 Å². The summed E-state index contributed by atoms with van der Waals surface area (Å²) >= 11 is 12.1. The third-order valence-electron chi connectivity index (χ3n) is 4.82. The normalized spacial score (nSPS) is 14.8. The van der Waals surface area contributed by atoms with E-state index in [1.54, 1.807) is 36.4 Å². The molecule has 1 unspecified atom stereocenters. The number of carbonyl (C=O) groups is 2. The van der Waals surface area contributed by atoms with Crippen LogP contribution in [0.1, 0.15) is 17.9 Å². The Bertz CT molecular complexity index is 1280. The van der Waals surface area contributed by atoms with Gasteiger partial charge in [0.25, 0.3) is 5.56 Å². The fourth-order valence-corrected chi connectivity index (χ4v) is 3.80. The Balaban J connectivity index is 1.65. The predicted octanol–water partition coefficient (Wildman–Crippen LogP) is 3.89. The van der Waals surface area contributed by atoms with Gasteiger partial charge in [0, 0.05) is 11.4 Å².